The molecular weight excluding hydrogens is 376 g/mol. The normalized spacial score (nSPS) is 12.1. The van der Waals surface area contributed by atoms with E-state index >= 15 is 0 Å². The van der Waals surface area contributed by atoms with Crippen molar-refractivity contribution in [3.8, 4) is 17.6 Å². The van der Waals surface area contributed by atoms with E-state index in [4.69, 9.17) is 9.78 Å². The standard InChI is InChI=1S/C12H10Br2N4O/c1-7(2-3-15)4-10-17-12(18-19-10)11-9(14)5-8(13)6-16-11/h5-7H,2,4H2,1H3. The van der Waals surface area contributed by atoms with E-state index < -0.39 is 0 Å². The first-order valence-corrected chi connectivity index (χ1v) is 7.19. The van der Waals surface area contributed by atoms with Crippen LogP contribution in [-0.4, -0.2) is 15.1 Å². The number of hydrogen-bond acceptors (Lipinski definition) is 5. The Bertz CT molecular complexity index is 620. The fourth-order valence-corrected chi connectivity index (χ4v) is 2.70. The lowest BCUT2D eigenvalue weighted by Crippen LogP contribution is -1.98. The van der Waals surface area contributed by atoms with Crippen LogP contribution in [0.4, 0.5) is 0 Å². The number of rotatable bonds is 4. The predicted octanol–water partition coefficient (Wildman–Crippen LogP) is 3.75. The first kappa shape index (κ1) is 14.2. The molecular formula is C12H10Br2N4O. The Balaban J connectivity index is 2.19. The smallest absolute Gasteiger partial charge is 0.227 e. The van der Waals surface area contributed by atoms with E-state index in [1.54, 1.807) is 6.20 Å². The first-order valence-electron chi connectivity index (χ1n) is 5.61. The minimum absolute atomic E-state index is 0.194. The van der Waals surface area contributed by atoms with Gasteiger partial charge in [-0.25, -0.2) is 0 Å². The van der Waals surface area contributed by atoms with E-state index in [0.717, 1.165) is 8.95 Å². The van der Waals surface area contributed by atoms with E-state index in [-0.39, 0.29) is 5.92 Å². The molecule has 0 aliphatic heterocycles. The van der Waals surface area contributed by atoms with Crippen LogP contribution in [0.2, 0.25) is 0 Å². The van der Waals surface area contributed by atoms with Crippen LogP contribution < -0.4 is 0 Å². The molecule has 0 aliphatic rings. The van der Waals surface area contributed by atoms with Crippen LogP contribution in [0.3, 0.4) is 0 Å². The number of nitrogens with zero attached hydrogens (tertiary/aromatic N) is 4. The van der Waals surface area contributed by atoms with Crippen LogP contribution >= 0.6 is 31.9 Å². The van der Waals surface area contributed by atoms with Crippen LogP contribution in [0.15, 0.2) is 25.7 Å². The van der Waals surface area contributed by atoms with Crippen molar-refractivity contribution in [2.24, 2.45) is 5.92 Å². The highest BCUT2D eigenvalue weighted by atomic mass is 79.9. The first-order chi connectivity index (χ1) is 9.10. The van der Waals surface area contributed by atoms with Gasteiger partial charge in [-0.3, -0.25) is 4.98 Å². The van der Waals surface area contributed by atoms with Crippen molar-refractivity contribution < 1.29 is 4.52 Å². The molecule has 0 aromatic carbocycles. The van der Waals surface area contributed by atoms with Gasteiger partial charge in [0.15, 0.2) is 0 Å². The second-order valence-corrected chi connectivity index (χ2v) is 5.94. The number of halogens is 2. The molecule has 2 rings (SSSR count). The van der Waals surface area contributed by atoms with Gasteiger partial charge in [-0.15, -0.1) is 0 Å². The maximum atomic E-state index is 8.62. The third-order valence-electron chi connectivity index (χ3n) is 2.45. The topological polar surface area (TPSA) is 75.6 Å². The molecule has 0 spiro atoms. The molecule has 1 atom stereocenters. The Morgan fingerprint density at radius 2 is 2.26 bits per heavy atom. The van der Waals surface area contributed by atoms with Gasteiger partial charge in [0.25, 0.3) is 0 Å². The molecule has 0 fully saturated rings. The van der Waals surface area contributed by atoms with Gasteiger partial charge in [0, 0.05) is 28.0 Å². The quantitative estimate of drug-likeness (QED) is 0.800. The van der Waals surface area contributed by atoms with Gasteiger partial charge in [-0.1, -0.05) is 12.1 Å². The third kappa shape index (κ3) is 3.61. The average molecular weight is 386 g/mol. The molecule has 0 saturated heterocycles. The van der Waals surface area contributed by atoms with Gasteiger partial charge < -0.3 is 4.52 Å². The van der Waals surface area contributed by atoms with E-state index in [2.05, 4.69) is 53.1 Å². The molecule has 2 aromatic rings. The Kier molecular flexibility index (Phi) is 4.66. The molecule has 2 aromatic heterocycles. The molecule has 98 valence electrons. The van der Waals surface area contributed by atoms with E-state index in [0.29, 0.717) is 30.3 Å². The highest BCUT2D eigenvalue weighted by Crippen LogP contribution is 2.26. The van der Waals surface area contributed by atoms with Crippen molar-refractivity contribution in [3.05, 3.63) is 27.1 Å². The monoisotopic (exact) mass is 384 g/mol. The molecule has 0 aliphatic carbocycles. The molecule has 0 N–H and O–H groups in total. The van der Waals surface area contributed by atoms with E-state index in [1.165, 1.54) is 0 Å². The molecule has 0 bridgehead atoms. The maximum Gasteiger partial charge on any atom is 0.227 e. The van der Waals surface area contributed by atoms with Crippen molar-refractivity contribution >= 4 is 31.9 Å². The Hall–Kier alpha value is -1.26. The molecule has 19 heavy (non-hydrogen) atoms. The fraction of sp³-hybridized carbons (Fsp3) is 0.333. The van der Waals surface area contributed by atoms with Crippen LogP contribution in [0.5, 0.6) is 0 Å². The maximum absolute atomic E-state index is 8.62. The van der Waals surface area contributed by atoms with Crippen molar-refractivity contribution in [1.29, 1.82) is 5.26 Å². The SMILES string of the molecule is CC(CC#N)Cc1nc(-c2ncc(Br)cc2Br)no1. The average Bonchev–Trinajstić information content (AvgIpc) is 2.77. The zero-order chi connectivity index (χ0) is 13.8. The molecule has 0 saturated carbocycles. The van der Waals surface area contributed by atoms with Gasteiger partial charge in [0.05, 0.1) is 6.07 Å². The van der Waals surface area contributed by atoms with Crippen molar-refractivity contribution in [2.75, 3.05) is 0 Å². The van der Waals surface area contributed by atoms with Crippen molar-refractivity contribution in [1.82, 2.24) is 15.1 Å². The molecule has 5 nitrogen and oxygen atoms in total. The van der Waals surface area contributed by atoms with Crippen LogP contribution in [0.25, 0.3) is 11.5 Å². The number of nitriles is 1. The Morgan fingerprint density at radius 1 is 1.47 bits per heavy atom. The highest BCUT2D eigenvalue weighted by molar-refractivity contribution is 9.11. The summed E-state index contributed by atoms with van der Waals surface area (Å²) in [5.41, 5.74) is 0.631. The number of aromatic nitrogens is 3. The predicted molar refractivity (Wildman–Crippen MR) is 76.0 cm³/mol. The summed E-state index contributed by atoms with van der Waals surface area (Å²) < 4.78 is 6.84. The van der Waals surface area contributed by atoms with Gasteiger partial charge in [0.1, 0.15) is 5.69 Å². The molecule has 2 heterocycles. The summed E-state index contributed by atoms with van der Waals surface area (Å²) in [6.45, 7) is 1.97. The molecule has 0 radical (unpaired) electrons. The minimum atomic E-state index is 0.194. The summed E-state index contributed by atoms with van der Waals surface area (Å²) in [7, 11) is 0. The Morgan fingerprint density at radius 3 is 2.95 bits per heavy atom. The lowest BCUT2D eigenvalue weighted by molar-refractivity contribution is 0.359. The lowest BCUT2D eigenvalue weighted by atomic mass is 10.1. The number of hydrogen-bond donors (Lipinski definition) is 0. The largest absolute Gasteiger partial charge is 0.339 e. The summed E-state index contributed by atoms with van der Waals surface area (Å²) >= 11 is 6.75. The van der Waals surface area contributed by atoms with E-state index in [1.807, 2.05) is 13.0 Å². The second kappa shape index (κ2) is 6.26. The molecule has 1 unspecified atom stereocenters. The van der Waals surface area contributed by atoms with Gasteiger partial charge in [0.2, 0.25) is 11.7 Å². The van der Waals surface area contributed by atoms with Crippen molar-refractivity contribution in [3.63, 3.8) is 0 Å². The fourth-order valence-electron chi connectivity index (χ4n) is 1.54. The zero-order valence-electron chi connectivity index (χ0n) is 10.1. The van der Waals surface area contributed by atoms with E-state index in [9.17, 15) is 0 Å². The van der Waals surface area contributed by atoms with Crippen LogP contribution in [-0.2, 0) is 6.42 Å². The van der Waals surface area contributed by atoms with Crippen molar-refractivity contribution in [2.45, 2.75) is 19.8 Å². The second-order valence-electron chi connectivity index (χ2n) is 4.17. The summed E-state index contributed by atoms with van der Waals surface area (Å²) in [6.07, 6.45) is 2.74. The highest BCUT2D eigenvalue weighted by Gasteiger charge is 2.15. The van der Waals surface area contributed by atoms with Gasteiger partial charge >= 0.3 is 0 Å². The summed E-state index contributed by atoms with van der Waals surface area (Å²) in [5.74, 6) is 1.16. The van der Waals surface area contributed by atoms with Gasteiger partial charge in [-0.05, 0) is 43.8 Å². The summed E-state index contributed by atoms with van der Waals surface area (Å²) in [5, 5.41) is 12.5. The Labute approximate surface area is 127 Å². The minimum Gasteiger partial charge on any atom is -0.339 e. The van der Waals surface area contributed by atoms with Crippen LogP contribution in [0.1, 0.15) is 19.2 Å². The third-order valence-corrected chi connectivity index (χ3v) is 3.49. The lowest BCUT2D eigenvalue weighted by Gasteiger charge is -2.00. The molecule has 0 amide bonds. The molecule has 7 heteroatoms. The summed E-state index contributed by atoms with van der Waals surface area (Å²) in [6, 6.07) is 4.00. The number of pyridine rings is 1. The van der Waals surface area contributed by atoms with Crippen LogP contribution in [0, 0.1) is 17.2 Å². The zero-order valence-corrected chi connectivity index (χ0v) is 13.3. The summed E-state index contributed by atoms with van der Waals surface area (Å²) in [4.78, 5) is 8.54. The van der Waals surface area contributed by atoms with Gasteiger partial charge in [-0.2, -0.15) is 10.2 Å².